The van der Waals surface area contributed by atoms with E-state index >= 15 is 0 Å². The van der Waals surface area contributed by atoms with E-state index in [1.54, 1.807) is 0 Å². The molecule has 1 fully saturated rings. The second-order valence-corrected chi connectivity index (χ2v) is 8.08. The molecule has 1 N–H and O–H groups in total. The van der Waals surface area contributed by atoms with Gasteiger partial charge >= 0.3 is 0 Å². The first-order chi connectivity index (χ1) is 15.2. The van der Waals surface area contributed by atoms with E-state index in [0.717, 1.165) is 44.5 Å². The number of hydrogen-bond acceptors (Lipinski definition) is 2. The summed E-state index contributed by atoms with van der Waals surface area (Å²) in [6.45, 7) is 0. The first-order valence-electron chi connectivity index (χ1n) is 10.5. The topological polar surface area (TPSA) is 46.2 Å². The zero-order chi connectivity index (χ0) is 20.9. The van der Waals surface area contributed by atoms with Crippen LogP contribution in [0, 0.1) is 0 Å². The van der Waals surface area contributed by atoms with Gasteiger partial charge in [0.15, 0.2) is 0 Å². The van der Waals surface area contributed by atoms with Crippen molar-refractivity contribution in [3.63, 3.8) is 0 Å². The van der Waals surface area contributed by atoms with E-state index in [1.807, 2.05) is 18.2 Å². The van der Waals surface area contributed by atoms with Gasteiger partial charge in [-0.2, -0.15) is 0 Å². The summed E-state index contributed by atoms with van der Waals surface area (Å²) < 4.78 is 0. The van der Waals surface area contributed by atoms with Crippen molar-refractivity contribution in [2.75, 3.05) is 0 Å². The minimum absolute atomic E-state index is 0.190. The predicted octanol–water partition coefficient (Wildman–Crippen LogP) is 5.80. The lowest BCUT2D eigenvalue weighted by atomic mass is 9.77. The summed E-state index contributed by atoms with van der Waals surface area (Å²) in [7, 11) is 0. The molecule has 0 radical (unpaired) electrons. The van der Waals surface area contributed by atoms with E-state index in [0.29, 0.717) is 0 Å². The van der Waals surface area contributed by atoms with Gasteiger partial charge in [0.05, 0.1) is 5.92 Å². The van der Waals surface area contributed by atoms with Crippen LogP contribution in [0.3, 0.4) is 0 Å². The van der Waals surface area contributed by atoms with E-state index < -0.39 is 5.92 Å². The molecule has 4 aromatic carbocycles. The SMILES string of the molecule is O=C1CC(c2cccc3c2-c2ccccc2-c2ccccc2-c2ccccc2-3)C(=O)N1. The Balaban J connectivity index is 1.76. The highest BCUT2D eigenvalue weighted by Gasteiger charge is 2.35. The lowest BCUT2D eigenvalue weighted by Crippen LogP contribution is -2.21. The summed E-state index contributed by atoms with van der Waals surface area (Å²) >= 11 is 0. The Hall–Kier alpha value is -3.98. The number of carbonyl (C=O) groups is 2. The van der Waals surface area contributed by atoms with E-state index in [2.05, 4.69) is 78.1 Å². The van der Waals surface area contributed by atoms with Crippen molar-refractivity contribution in [1.29, 1.82) is 0 Å². The third-order valence-corrected chi connectivity index (χ3v) is 6.36. The van der Waals surface area contributed by atoms with Crippen molar-refractivity contribution >= 4 is 11.8 Å². The van der Waals surface area contributed by atoms with Crippen LogP contribution in [-0.2, 0) is 9.59 Å². The van der Waals surface area contributed by atoms with Crippen molar-refractivity contribution in [2.24, 2.45) is 0 Å². The largest absolute Gasteiger partial charge is 0.296 e. The van der Waals surface area contributed by atoms with Crippen molar-refractivity contribution in [2.45, 2.75) is 12.3 Å². The van der Waals surface area contributed by atoms with Gasteiger partial charge in [-0.25, -0.2) is 0 Å². The summed E-state index contributed by atoms with van der Waals surface area (Å²) in [5.41, 5.74) is 9.89. The molecule has 0 spiro atoms. The monoisotopic (exact) mass is 401 g/mol. The highest BCUT2D eigenvalue weighted by atomic mass is 16.2. The van der Waals surface area contributed by atoms with Crippen molar-refractivity contribution in [3.05, 3.63) is 96.6 Å². The molecule has 4 aromatic rings. The van der Waals surface area contributed by atoms with Crippen molar-refractivity contribution < 1.29 is 9.59 Å². The summed E-state index contributed by atoms with van der Waals surface area (Å²) in [5.74, 6) is -0.901. The van der Waals surface area contributed by atoms with Crippen molar-refractivity contribution in [3.8, 4) is 44.5 Å². The Morgan fingerprint density at radius 2 is 1.00 bits per heavy atom. The maximum atomic E-state index is 12.6. The molecule has 2 amide bonds. The second-order valence-electron chi connectivity index (χ2n) is 8.08. The summed E-state index contributed by atoms with van der Waals surface area (Å²) in [6, 6.07) is 31.4. The zero-order valence-electron chi connectivity index (χ0n) is 16.8. The number of imide groups is 1. The molecule has 1 heterocycles. The molecule has 1 aliphatic heterocycles. The molecule has 0 aromatic heterocycles. The van der Waals surface area contributed by atoms with Crippen LogP contribution in [0.2, 0.25) is 0 Å². The fourth-order valence-corrected chi connectivity index (χ4v) is 5.03. The van der Waals surface area contributed by atoms with Gasteiger partial charge < -0.3 is 0 Å². The third kappa shape index (κ3) is 2.67. The average molecular weight is 401 g/mol. The summed E-state index contributed by atoms with van der Waals surface area (Å²) in [6.07, 6.45) is 0.190. The Kier molecular flexibility index (Phi) is 3.90. The fraction of sp³-hybridized carbons (Fsp3) is 0.0714. The van der Waals surface area contributed by atoms with Gasteiger partial charge in [0.25, 0.3) is 0 Å². The van der Waals surface area contributed by atoms with Crippen LogP contribution in [-0.4, -0.2) is 11.8 Å². The van der Waals surface area contributed by atoms with E-state index in [-0.39, 0.29) is 18.2 Å². The first kappa shape index (κ1) is 17.8. The van der Waals surface area contributed by atoms with Crippen LogP contribution in [0.4, 0.5) is 0 Å². The molecule has 1 saturated heterocycles. The molecule has 6 rings (SSSR count). The molecular weight excluding hydrogens is 382 g/mol. The molecular formula is C28H19NO2. The Labute approximate surface area is 180 Å². The van der Waals surface area contributed by atoms with Crippen LogP contribution in [0.5, 0.6) is 0 Å². The van der Waals surface area contributed by atoms with Gasteiger partial charge in [-0.15, -0.1) is 0 Å². The Morgan fingerprint density at radius 3 is 1.52 bits per heavy atom. The second kappa shape index (κ2) is 6.78. The van der Waals surface area contributed by atoms with Gasteiger partial charge in [0.1, 0.15) is 0 Å². The standard InChI is InChI=1S/C28H19NO2/c30-26-16-25(28(31)29-26)24-15-7-14-23-21-11-4-3-10-19(21)17-8-1-2-9-18(17)20-12-5-6-13-22(20)27(23)24/h1-15,25H,16H2,(H,29,30,31). The predicted molar refractivity (Wildman–Crippen MR) is 122 cm³/mol. The number of fused-ring (bicyclic) bond motifs is 8. The molecule has 1 unspecified atom stereocenters. The normalized spacial score (nSPS) is 16.3. The number of benzene rings is 4. The van der Waals surface area contributed by atoms with Crippen LogP contribution < -0.4 is 5.32 Å². The minimum atomic E-state index is -0.475. The molecule has 2 aliphatic rings. The lowest BCUT2D eigenvalue weighted by molar-refractivity contribution is -0.125. The molecule has 3 heteroatoms. The van der Waals surface area contributed by atoms with Gasteiger partial charge in [-0.3, -0.25) is 14.9 Å². The highest BCUT2D eigenvalue weighted by molar-refractivity contribution is 6.09. The summed E-state index contributed by atoms with van der Waals surface area (Å²) in [4.78, 5) is 24.7. The third-order valence-electron chi connectivity index (χ3n) is 6.36. The molecule has 0 saturated carbocycles. The number of hydrogen-bond donors (Lipinski definition) is 1. The van der Waals surface area contributed by atoms with Gasteiger partial charge in [0, 0.05) is 6.42 Å². The Morgan fingerprint density at radius 1 is 0.548 bits per heavy atom. The van der Waals surface area contributed by atoms with Gasteiger partial charge in [-0.1, -0.05) is 91.0 Å². The average Bonchev–Trinajstić information content (AvgIpc) is 3.15. The van der Waals surface area contributed by atoms with E-state index in [9.17, 15) is 9.59 Å². The van der Waals surface area contributed by atoms with E-state index in [1.165, 1.54) is 5.56 Å². The minimum Gasteiger partial charge on any atom is -0.296 e. The molecule has 0 bridgehead atoms. The zero-order valence-corrected chi connectivity index (χ0v) is 16.8. The number of carbonyl (C=O) groups excluding carboxylic acids is 2. The molecule has 3 nitrogen and oxygen atoms in total. The molecule has 148 valence electrons. The smallest absolute Gasteiger partial charge is 0.234 e. The lowest BCUT2D eigenvalue weighted by Gasteiger charge is -2.25. The molecule has 31 heavy (non-hydrogen) atoms. The molecule has 1 atom stereocenters. The fourth-order valence-electron chi connectivity index (χ4n) is 5.03. The maximum absolute atomic E-state index is 12.6. The number of nitrogens with one attached hydrogen (secondary N) is 1. The van der Waals surface area contributed by atoms with Crippen molar-refractivity contribution in [1.82, 2.24) is 5.32 Å². The van der Waals surface area contributed by atoms with Crippen LogP contribution in [0.25, 0.3) is 44.5 Å². The molecule has 1 aliphatic carbocycles. The van der Waals surface area contributed by atoms with Gasteiger partial charge in [0.2, 0.25) is 11.8 Å². The van der Waals surface area contributed by atoms with Gasteiger partial charge in [-0.05, 0) is 50.1 Å². The van der Waals surface area contributed by atoms with Crippen LogP contribution >= 0.6 is 0 Å². The Bertz CT molecular complexity index is 1380. The van der Waals surface area contributed by atoms with E-state index in [4.69, 9.17) is 0 Å². The maximum Gasteiger partial charge on any atom is 0.234 e. The summed E-state index contributed by atoms with van der Waals surface area (Å²) in [5, 5.41) is 2.48. The van der Waals surface area contributed by atoms with Crippen LogP contribution in [0.1, 0.15) is 17.9 Å². The van der Waals surface area contributed by atoms with Crippen LogP contribution in [0.15, 0.2) is 91.0 Å². The quantitative estimate of drug-likeness (QED) is 0.361. The number of amides is 2. The first-order valence-corrected chi connectivity index (χ1v) is 10.5. The highest BCUT2D eigenvalue weighted by Crippen LogP contribution is 2.49. The number of rotatable bonds is 1.